The average molecular weight is 439 g/mol. The number of hydrogen-bond acceptors (Lipinski definition) is 5. The third-order valence-electron chi connectivity index (χ3n) is 5.56. The van der Waals surface area contributed by atoms with E-state index in [-0.39, 0.29) is 30.1 Å². The highest BCUT2D eigenvalue weighted by Gasteiger charge is 2.30. The Morgan fingerprint density at radius 3 is 2.59 bits per heavy atom. The lowest BCUT2D eigenvalue weighted by atomic mass is 9.95. The Kier molecular flexibility index (Phi) is 7.81. The molecule has 8 heteroatoms. The number of rotatable bonds is 7. The summed E-state index contributed by atoms with van der Waals surface area (Å²) in [5.74, 6) is 0.494. The number of methoxy groups -OCH3 is 1. The minimum Gasteiger partial charge on any atom is -0.497 e. The molecule has 2 aromatic rings. The van der Waals surface area contributed by atoms with Gasteiger partial charge in [0.2, 0.25) is 17.7 Å². The normalized spacial score (nSPS) is 16.7. The van der Waals surface area contributed by atoms with Crippen LogP contribution in [0.15, 0.2) is 42.5 Å². The van der Waals surface area contributed by atoms with Crippen LogP contribution in [0.4, 0.5) is 5.82 Å². The van der Waals surface area contributed by atoms with Crippen LogP contribution in [0.2, 0.25) is 0 Å². The van der Waals surface area contributed by atoms with Gasteiger partial charge in [-0.05, 0) is 49.6 Å². The molecule has 1 fully saturated rings. The van der Waals surface area contributed by atoms with E-state index < -0.39 is 6.04 Å². The van der Waals surface area contributed by atoms with Crippen molar-refractivity contribution in [2.24, 2.45) is 5.92 Å². The van der Waals surface area contributed by atoms with Crippen LogP contribution in [0.3, 0.4) is 0 Å². The first kappa shape index (κ1) is 23.2. The molecule has 1 aliphatic heterocycles. The molecule has 1 aliphatic rings. The summed E-state index contributed by atoms with van der Waals surface area (Å²) in [7, 11) is 1.59. The molecular formula is C24H30N4O4. The zero-order valence-electron chi connectivity index (χ0n) is 18.8. The van der Waals surface area contributed by atoms with Crippen molar-refractivity contribution in [3.63, 3.8) is 0 Å². The molecule has 1 saturated heterocycles. The summed E-state index contributed by atoms with van der Waals surface area (Å²) >= 11 is 0. The monoisotopic (exact) mass is 438 g/mol. The third kappa shape index (κ3) is 6.29. The first-order chi connectivity index (χ1) is 15.4. The Morgan fingerprint density at radius 1 is 1.19 bits per heavy atom. The van der Waals surface area contributed by atoms with Gasteiger partial charge in [0.15, 0.2) is 0 Å². The summed E-state index contributed by atoms with van der Waals surface area (Å²) in [6.07, 6.45) is 1.59. The fourth-order valence-corrected chi connectivity index (χ4v) is 3.90. The van der Waals surface area contributed by atoms with Crippen molar-refractivity contribution >= 4 is 23.5 Å². The summed E-state index contributed by atoms with van der Waals surface area (Å²) < 4.78 is 5.18. The standard InChI is InChI=1S/C24H30N4O4/c1-16-6-4-8-22(25-16)27-24(31)19-7-5-13-28(15-19)23(30)14-21(26-17(2)29)18-9-11-20(32-3)12-10-18/h4,6,8-12,19,21H,5,7,13-15H2,1-3H3,(H,26,29)(H,25,27,31). The molecule has 0 aliphatic carbocycles. The summed E-state index contributed by atoms with van der Waals surface area (Å²) in [5.41, 5.74) is 1.65. The molecular weight excluding hydrogens is 408 g/mol. The fraction of sp³-hybridized carbons (Fsp3) is 0.417. The van der Waals surface area contributed by atoms with E-state index in [0.29, 0.717) is 24.7 Å². The second-order valence-corrected chi connectivity index (χ2v) is 8.06. The maximum Gasteiger partial charge on any atom is 0.230 e. The molecule has 8 nitrogen and oxygen atoms in total. The number of ether oxygens (including phenoxy) is 1. The van der Waals surface area contributed by atoms with Gasteiger partial charge in [-0.25, -0.2) is 4.98 Å². The van der Waals surface area contributed by atoms with Crippen molar-refractivity contribution in [1.29, 1.82) is 0 Å². The number of hydrogen-bond donors (Lipinski definition) is 2. The molecule has 0 bridgehead atoms. The first-order valence-corrected chi connectivity index (χ1v) is 10.8. The number of nitrogens with zero attached hydrogens (tertiary/aromatic N) is 2. The van der Waals surface area contributed by atoms with Crippen molar-refractivity contribution in [2.75, 3.05) is 25.5 Å². The smallest absolute Gasteiger partial charge is 0.230 e. The van der Waals surface area contributed by atoms with Crippen LogP contribution in [-0.2, 0) is 14.4 Å². The average Bonchev–Trinajstić information content (AvgIpc) is 2.78. The Hall–Kier alpha value is -3.42. The van der Waals surface area contributed by atoms with Crippen LogP contribution in [0.5, 0.6) is 5.75 Å². The molecule has 32 heavy (non-hydrogen) atoms. The van der Waals surface area contributed by atoms with Crippen molar-refractivity contribution in [3.05, 3.63) is 53.7 Å². The molecule has 2 unspecified atom stereocenters. The number of aryl methyl sites for hydroxylation is 1. The number of carbonyl (C=O) groups excluding carboxylic acids is 3. The van der Waals surface area contributed by atoms with Gasteiger partial charge in [0.05, 0.1) is 25.5 Å². The van der Waals surface area contributed by atoms with Crippen LogP contribution in [0.25, 0.3) is 0 Å². The number of benzene rings is 1. The number of carbonyl (C=O) groups is 3. The second-order valence-electron chi connectivity index (χ2n) is 8.06. The maximum atomic E-state index is 13.1. The largest absolute Gasteiger partial charge is 0.497 e. The highest BCUT2D eigenvalue weighted by molar-refractivity contribution is 5.92. The van der Waals surface area contributed by atoms with Crippen LogP contribution in [0, 0.1) is 12.8 Å². The van der Waals surface area contributed by atoms with Gasteiger partial charge in [-0.15, -0.1) is 0 Å². The van der Waals surface area contributed by atoms with Crippen molar-refractivity contribution in [3.8, 4) is 5.75 Å². The number of pyridine rings is 1. The number of anilines is 1. The van der Waals surface area contributed by atoms with Crippen LogP contribution in [-0.4, -0.2) is 47.8 Å². The lowest BCUT2D eigenvalue weighted by Gasteiger charge is -2.33. The SMILES string of the molecule is COc1ccc(C(CC(=O)N2CCCC(C(=O)Nc3cccc(C)n3)C2)NC(C)=O)cc1. The van der Waals surface area contributed by atoms with Gasteiger partial charge < -0.3 is 20.3 Å². The number of amides is 3. The second kappa shape index (κ2) is 10.7. The molecule has 3 rings (SSSR count). The Labute approximate surface area is 188 Å². The van der Waals surface area contributed by atoms with E-state index in [0.717, 1.165) is 24.1 Å². The number of likely N-dealkylation sites (tertiary alicyclic amines) is 1. The molecule has 0 radical (unpaired) electrons. The van der Waals surface area contributed by atoms with E-state index in [2.05, 4.69) is 15.6 Å². The Bertz CT molecular complexity index is 961. The zero-order valence-corrected chi connectivity index (χ0v) is 18.8. The lowest BCUT2D eigenvalue weighted by molar-refractivity contribution is -0.135. The van der Waals surface area contributed by atoms with E-state index in [1.807, 2.05) is 31.2 Å². The number of piperidine rings is 1. The molecule has 3 amide bonds. The highest BCUT2D eigenvalue weighted by atomic mass is 16.5. The predicted octanol–water partition coefficient (Wildman–Crippen LogP) is 2.84. The highest BCUT2D eigenvalue weighted by Crippen LogP contribution is 2.24. The molecule has 2 N–H and O–H groups in total. The molecule has 1 aromatic carbocycles. The maximum absolute atomic E-state index is 13.1. The molecule has 1 aromatic heterocycles. The fourth-order valence-electron chi connectivity index (χ4n) is 3.90. The third-order valence-corrected chi connectivity index (χ3v) is 5.56. The topological polar surface area (TPSA) is 101 Å². The van der Waals surface area contributed by atoms with Gasteiger partial charge in [0.25, 0.3) is 0 Å². The minimum atomic E-state index is -0.448. The van der Waals surface area contributed by atoms with E-state index in [9.17, 15) is 14.4 Å². The van der Waals surface area contributed by atoms with Crippen LogP contribution >= 0.6 is 0 Å². The number of nitrogens with one attached hydrogen (secondary N) is 2. The van der Waals surface area contributed by atoms with Crippen LogP contribution < -0.4 is 15.4 Å². The summed E-state index contributed by atoms with van der Waals surface area (Å²) in [6.45, 7) is 4.25. The molecule has 0 saturated carbocycles. The summed E-state index contributed by atoms with van der Waals surface area (Å²) in [5, 5.41) is 5.72. The number of aromatic nitrogens is 1. The van der Waals surface area contributed by atoms with Gasteiger partial charge in [-0.2, -0.15) is 0 Å². The van der Waals surface area contributed by atoms with Gasteiger partial charge >= 0.3 is 0 Å². The molecule has 2 heterocycles. The Balaban J connectivity index is 1.64. The van der Waals surface area contributed by atoms with E-state index >= 15 is 0 Å². The van der Waals surface area contributed by atoms with E-state index in [1.165, 1.54) is 6.92 Å². The molecule has 170 valence electrons. The quantitative estimate of drug-likeness (QED) is 0.692. The lowest BCUT2D eigenvalue weighted by Crippen LogP contribution is -2.45. The first-order valence-electron chi connectivity index (χ1n) is 10.8. The molecule has 2 atom stereocenters. The Morgan fingerprint density at radius 2 is 1.94 bits per heavy atom. The zero-order chi connectivity index (χ0) is 23.1. The van der Waals surface area contributed by atoms with Gasteiger partial charge in [0.1, 0.15) is 11.6 Å². The predicted molar refractivity (Wildman–Crippen MR) is 121 cm³/mol. The summed E-state index contributed by atoms with van der Waals surface area (Å²) in [6, 6.07) is 12.3. The van der Waals surface area contributed by atoms with Crippen molar-refractivity contribution < 1.29 is 19.1 Å². The minimum absolute atomic E-state index is 0.0919. The van der Waals surface area contributed by atoms with Crippen molar-refractivity contribution in [1.82, 2.24) is 15.2 Å². The summed E-state index contributed by atoms with van der Waals surface area (Å²) in [4.78, 5) is 43.6. The van der Waals surface area contributed by atoms with Crippen molar-refractivity contribution in [2.45, 2.75) is 39.2 Å². The van der Waals surface area contributed by atoms with E-state index in [1.54, 1.807) is 30.2 Å². The van der Waals surface area contributed by atoms with Gasteiger partial charge in [-0.1, -0.05) is 18.2 Å². The van der Waals surface area contributed by atoms with Gasteiger partial charge in [-0.3, -0.25) is 14.4 Å². The van der Waals surface area contributed by atoms with Crippen LogP contribution in [0.1, 0.15) is 43.5 Å². The molecule has 0 spiro atoms. The van der Waals surface area contributed by atoms with E-state index in [4.69, 9.17) is 4.74 Å². The van der Waals surface area contributed by atoms with Gasteiger partial charge in [0, 0.05) is 25.7 Å².